The molecule has 2 rings (SSSR count). The van der Waals surface area contributed by atoms with Crippen LogP contribution in [0.3, 0.4) is 0 Å². The summed E-state index contributed by atoms with van der Waals surface area (Å²) in [4.78, 5) is 24.9. The van der Waals surface area contributed by atoms with Crippen molar-refractivity contribution < 1.29 is 9.59 Å². The average Bonchev–Trinajstić information content (AvgIpc) is 3.15. The summed E-state index contributed by atoms with van der Waals surface area (Å²) in [6.07, 6.45) is 1.99. The number of halogens is 1. The number of rotatable bonds is 5. The number of benzene rings is 1. The topological polar surface area (TPSA) is 61.4 Å². The summed E-state index contributed by atoms with van der Waals surface area (Å²) in [5.74, 6) is -0.322. The highest BCUT2D eigenvalue weighted by molar-refractivity contribution is 6.31. The third kappa shape index (κ3) is 4.83. The molecule has 1 aromatic carbocycles. The van der Waals surface area contributed by atoms with Gasteiger partial charge in [-0.05, 0) is 31.5 Å². The lowest BCUT2D eigenvalue weighted by Crippen LogP contribution is -2.44. The van der Waals surface area contributed by atoms with Crippen LogP contribution in [-0.4, -0.2) is 36.5 Å². The number of hydrogen-bond donors (Lipinski definition) is 2. The molecule has 0 radical (unpaired) electrons. The summed E-state index contributed by atoms with van der Waals surface area (Å²) in [7, 11) is 1.81. The van der Waals surface area contributed by atoms with Crippen molar-refractivity contribution in [3.8, 4) is 0 Å². The fourth-order valence-corrected chi connectivity index (χ4v) is 2.03. The molecule has 1 saturated carbocycles. The molecule has 0 aromatic heterocycles. The highest BCUT2D eigenvalue weighted by Gasteiger charge is 2.24. The van der Waals surface area contributed by atoms with E-state index < -0.39 is 6.03 Å². The van der Waals surface area contributed by atoms with Crippen LogP contribution < -0.4 is 10.6 Å². The molecular formula is C14H18ClN3O2. The lowest BCUT2D eigenvalue weighted by molar-refractivity contribution is -0.120. The van der Waals surface area contributed by atoms with E-state index >= 15 is 0 Å². The van der Waals surface area contributed by atoms with Gasteiger partial charge in [-0.25, -0.2) is 4.79 Å². The first kappa shape index (κ1) is 14.8. The van der Waals surface area contributed by atoms with Gasteiger partial charge in [0.25, 0.3) is 0 Å². The van der Waals surface area contributed by atoms with E-state index in [9.17, 15) is 9.59 Å². The highest BCUT2D eigenvalue weighted by Crippen LogP contribution is 2.18. The van der Waals surface area contributed by atoms with Crippen LogP contribution in [0.4, 0.5) is 4.79 Å². The fraction of sp³-hybridized carbons (Fsp3) is 0.429. The molecule has 0 unspecified atom stereocenters. The largest absolute Gasteiger partial charge is 0.335 e. The predicted octanol–water partition coefficient (Wildman–Crippen LogP) is 1.76. The summed E-state index contributed by atoms with van der Waals surface area (Å²) < 4.78 is 0. The number of nitrogens with zero attached hydrogens (tertiary/aromatic N) is 1. The molecule has 6 heteroatoms. The number of likely N-dealkylation sites (N-methyl/N-ethyl adjacent to an activating group) is 1. The molecule has 0 aliphatic heterocycles. The van der Waals surface area contributed by atoms with Crippen molar-refractivity contribution >= 4 is 23.5 Å². The van der Waals surface area contributed by atoms with E-state index in [2.05, 4.69) is 10.6 Å². The lowest BCUT2D eigenvalue weighted by Gasteiger charge is -2.16. The first-order valence-corrected chi connectivity index (χ1v) is 6.94. The van der Waals surface area contributed by atoms with Gasteiger partial charge in [0.15, 0.2) is 0 Å². The Bertz CT molecular complexity index is 503. The van der Waals surface area contributed by atoms with E-state index in [1.807, 2.05) is 31.3 Å². The Hall–Kier alpha value is -1.59. The van der Waals surface area contributed by atoms with E-state index in [4.69, 9.17) is 11.6 Å². The van der Waals surface area contributed by atoms with Crippen molar-refractivity contribution in [2.45, 2.75) is 25.4 Å². The third-order valence-corrected chi connectivity index (χ3v) is 3.35. The molecule has 3 amide bonds. The minimum Gasteiger partial charge on any atom is -0.335 e. The Balaban J connectivity index is 1.75. The molecule has 0 heterocycles. The molecule has 20 heavy (non-hydrogen) atoms. The molecule has 1 fully saturated rings. The second-order valence-corrected chi connectivity index (χ2v) is 5.47. The molecule has 0 atom stereocenters. The first-order valence-electron chi connectivity index (χ1n) is 6.57. The average molecular weight is 296 g/mol. The molecule has 1 aliphatic carbocycles. The summed E-state index contributed by atoms with van der Waals surface area (Å²) in [6, 6.07) is 7.32. The van der Waals surface area contributed by atoms with Crippen LogP contribution in [0.25, 0.3) is 0 Å². The zero-order valence-corrected chi connectivity index (χ0v) is 12.1. The molecule has 5 nitrogen and oxygen atoms in total. The Labute approximate surface area is 123 Å². The van der Waals surface area contributed by atoms with E-state index in [1.54, 1.807) is 4.90 Å². The monoisotopic (exact) mass is 295 g/mol. The van der Waals surface area contributed by atoms with Crippen molar-refractivity contribution in [2.24, 2.45) is 0 Å². The van der Waals surface area contributed by atoms with Gasteiger partial charge < -0.3 is 5.32 Å². The van der Waals surface area contributed by atoms with Gasteiger partial charge in [0.1, 0.15) is 0 Å². The van der Waals surface area contributed by atoms with Gasteiger partial charge in [0, 0.05) is 17.6 Å². The van der Waals surface area contributed by atoms with Gasteiger partial charge in [-0.15, -0.1) is 0 Å². The van der Waals surface area contributed by atoms with Crippen molar-refractivity contribution in [1.29, 1.82) is 0 Å². The van der Waals surface area contributed by atoms with Crippen LogP contribution >= 0.6 is 11.6 Å². The maximum absolute atomic E-state index is 11.7. The SMILES string of the molecule is CN(CC(=O)NC(=O)NC1CC1)Cc1ccccc1Cl. The predicted molar refractivity (Wildman–Crippen MR) is 77.5 cm³/mol. The van der Waals surface area contributed by atoms with Gasteiger partial charge in [0.05, 0.1) is 6.54 Å². The zero-order valence-electron chi connectivity index (χ0n) is 11.4. The Kier molecular flexibility index (Phi) is 4.98. The first-order chi connectivity index (χ1) is 9.54. The second kappa shape index (κ2) is 6.72. The Morgan fingerprint density at radius 1 is 1.35 bits per heavy atom. The number of imide groups is 1. The molecule has 108 valence electrons. The maximum Gasteiger partial charge on any atom is 0.321 e. The van der Waals surface area contributed by atoms with Crippen LogP contribution in [0.1, 0.15) is 18.4 Å². The third-order valence-electron chi connectivity index (χ3n) is 2.98. The Morgan fingerprint density at radius 3 is 2.70 bits per heavy atom. The number of nitrogens with one attached hydrogen (secondary N) is 2. The molecule has 2 N–H and O–H groups in total. The maximum atomic E-state index is 11.7. The minimum absolute atomic E-state index is 0.142. The second-order valence-electron chi connectivity index (χ2n) is 5.06. The molecule has 0 spiro atoms. The van der Waals surface area contributed by atoms with Gasteiger partial charge in [0.2, 0.25) is 5.91 Å². The van der Waals surface area contributed by atoms with Crippen molar-refractivity contribution in [3.05, 3.63) is 34.9 Å². The summed E-state index contributed by atoms with van der Waals surface area (Å²) in [6.45, 7) is 0.695. The summed E-state index contributed by atoms with van der Waals surface area (Å²) in [5.41, 5.74) is 0.951. The molecule has 1 aliphatic rings. The van der Waals surface area contributed by atoms with Gasteiger partial charge in [-0.2, -0.15) is 0 Å². The molecule has 0 saturated heterocycles. The van der Waals surface area contributed by atoms with Crippen LogP contribution in [0.2, 0.25) is 5.02 Å². The van der Waals surface area contributed by atoms with E-state index in [0.29, 0.717) is 11.6 Å². The van der Waals surface area contributed by atoms with Crippen LogP contribution in [0.5, 0.6) is 0 Å². The van der Waals surface area contributed by atoms with E-state index in [-0.39, 0.29) is 18.5 Å². The number of hydrogen-bond acceptors (Lipinski definition) is 3. The van der Waals surface area contributed by atoms with Gasteiger partial charge in [-0.1, -0.05) is 29.8 Å². The number of urea groups is 1. The highest BCUT2D eigenvalue weighted by atomic mass is 35.5. The smallest absolute Gasteiger partial charge is 0.321 e. The van der Waals surface area contributed by atoms with Crippen molar-refractivity contribution in [3.63, 3.8) is 0 Å². The van der Waals surface area contributed by atoms with Crippen molar-refractivity contribution in [2.75, 3.05) is 13.6 Å². The molecule has 1 aromatic rings. The quantitative estimate of drug-likeness (QED) is 0.870. The summed E-state index contributed by atoms with van der Waals surface area (Å²) >= 11 is 6.06. The number of carbonyl (C=O) groups is 2. The minimum atomic E-state index is -0.413. The van der Waals surface area contributed by atoms with Gasteiger partial charge in [-0.3, -0.25) is 15.0 Å². The van der Waals surface area contributed by atoms with Crippen LogP contribution in [0.15, 0.2) is 24.3 Å². The Morgan fingerprint density at radius 2 is 2.05 bits per heavy atom. The zero-order chi connectivity index (χ0) is 14.5. The normalized spacial score (nSPS) is 14.2. The lowest BCUT2D eigenvalue weighted by atomic mass is 10.2. The van der Waals surface area contributed by atoms with Crippen molar-refractivity contribution in [1.82, 2.24) is 15.5 Å². The number of carbonyl (C=O) groups excluding carboxylic acids is 2. The molecule has 0 bridgehead atoms. The van der Waals surface area contributed by atoms with Gasteiger partial charge >= 0.3 is 6.03 Å². The standard InChI is InChI=1S/C14H18ClN3O2/c1-18(8-10-4-2-3-5-12(10)15)9-13(19)17-14(20)16-11-6-7-11/h2-5,11H,6-9H2,1H3,(H2,16,17,19,20). The van der Waals surface area contributed by atoms with Crippen LogP contribution in [0, 0.1) is 0 Å². The van der Waals surface area contributed by atoms with E-state index in [1.165, 1.54) is 0 Å². The van der Waals surface area contributed by atoms with E-state index in [0.717, 1.165) is 18.4 Å². The summed E-state index contributed by atoms with van der Waals surface area (Å²) in [5, 5.41) is 5.70. The fourth-order valence-electron chi connectivity index (χ4n) is 1.83. The number of amides is 3. The molecular weight excluding hydrogens is 278 g/mol. The van der Waals surface area contributed by atoms with Crippen LogP contribution in [-0.2, 0) is 11.3 Å².